The Hall–Kier alpha value is -0.640. The van der Waals surface area contributed by atoms with Crippen LogP contribution < -0.4 is 0 Å². The molecule has 0 aliphatic carbocycles. The number of rotatable bonds is 8. The van der Waals surface area contributed by atoms with Crippen molar-refractivity contribution >= 4 is 0 Å². The summed E-state index contributed by atoms with van der Waals surface area (Å²) in [6.07, 6.45) is -21.8. The fraction of sp³-hybridized carbons (Fsp3) is 1.00. The quantitative estimate of drug-likeness (QED) is 0.146. The highest BCUT2D eigenvalue weighted by molar-refractivity contribution is 4.99. The van der Waals surface area contributed by atoms with Crippen LogP contribution in [0.1, 0.15) is 0 Å². The number of aliphatic hydroxyl groups is 11. The Morgan fingerprint density at radius 3 is 1.68 bits per heavy atom. The molecule has 34 heavy (non-hydrogen) atoms. The van der Waals surface area contributed by atoms with E-state index in [4.69, 9.17) is 23.7 Å². The molecule has 14 atom stereocenters. The van der Waals surface area contributed by atoms with Crippen LogP contribution in [0.2, 0.25) is 0 Å². The monoisotopic (exact) mass is 504 g/mol. The lowest BCUT2D eigenvalue weighted by atomic mass is 9.96. The molecule has 0 radical (unpaired) electrons. The number of hydrogen-bond donors (Lipinski definition) is 11. The van der Waals surface area contributed by atoms with Crippen LogP contribution in [0.25, 0.3) is 0 Å². The molecule has 0 saturated carbocycles. The summed E-state index contributed by atoms with van der Waals surface area (Å²) < 4.78 is 26.4. The van der Waals surface area contributed by atoms with Crippen molar-refractivity contribution in [2.45, 2.75) is 85.5 Å². The van der Waals surface area contributed by atoms with Crippen molar-refractivity contribution in [3.63, 3.8) is 0 Å². The number of aliphatic hydroxyl groups excluding tert-OH is 10. The smallest absolute Gasteiger partial charge is 0.219 e. The Balaban J connectivity index is 1.73. The van der Waals surface area contributed by atoms with E-state index in [9.17, 15) is 56.2 Å². The van der Waals surface area contributed by atoms with Crippen molar-refractivity contribution in [1.29, 1.82) is 0 Å². The molecular formula is C18H32O16. The molecule has 3 saturated heterocycles. The maximum Gasteiger partial charge on any atom is 0.219 e. The first kappa shape index (κ1) is 27.9. The van der Waals surface area contributed by atoms with Gasteiger partial charge in [0.2, 0.25) is 5.79 Å². The van der Waals surface area contributed by atoms with E-state index in [1.807, 2.05) is 0 Å². The molecule has 0 aromatic rings. The molecule has 16 heteroatoms. The Bertz CT molecular complexity index is 651. The van der Waals surface area contributed by atoms with E-state index in [1.165, 1.54) is 0 Å². The lowest BCUT2D eigenvalue weighted by Gasteiger charge is -2.46. The fourth-order valence-electron chi connectivity index (χ4n) is 4.13. The van der Waals surface area contributed by atoms with Crippen LogP contribution in [0.5, 0.6) is 0 Å². The van der Waals surface area contributed by atoms with Crippen molar-refractivity contribution in [3.8, 4) is 0 Å². The topological polar surface area (TPSA) is 269 Å². The van der Waals surface area contributed by atoms with E-state index in [2.05, 4.69) is 0 Å². The Morgan fingerprint density at radius 2 is 1.12 bits per heavy atom. The van der Waals surface area contributed by atoms with Gasteiger partial charge in [0.25, 0.3) is 0 Å². The highest BCUT2D eigenvalue weighted by Gasteiger charge is 2.58. The molecule has 3 rings (SSSR count). The summed E-state index contributed by atoms with van der Waals surface area (Å²) in [5, 5.41) is 109. The van der Waals surface area contributed by atoms with Crippen LogP contribution in [0, 0.1) is 0 Å². The maximum atomic E-state index is 10.6. The second kappa shape index (κ2) is 11.2. The first-order chi connectivity index (χ1) is 16.0. The van der Waals surface area contributed by atoms with E-state index < -0.39 is 112 Å². The molecule has 3 aliphatic heterocycles. The maximum absolute atomic E-state index is 10.6. The third kappa shape index (κ3) is 5.09. The molecule has 3 aliphatic rings. The van der Waals surface area contributed by atoms with Crippen LogP contribution in [0.4, 0.5) is 0 Å². The third-order valence-electron chi connectivity index (χ3n) is 6.14. The van der Waals surface area contributed by atoms with Gasteiger partial charge in [0, 0.05) is 0 Å². The fourth-order valence-corrected chi connectivity index (χ4v) is 4.13. The molecule has 11 N–H and O–H groups in total. The minimum Gasteiger partial charge on any atom is -0.394 e. The Labute approximate surface area is 192 Å². The molecule has 0 bridgehead atoms. The second-order valence-electron chi connectivity index (χ2n) is 8.39. The van der Waals surface area contributed by atoms with E-state index in [0.29, 0.717) is 0 Å². The normalized spacial score (nSPS) is 52.1. The molecular weight excluding hydrogens is 472 g/mol. The van der Waals surface area contributed by atoms with Crippen LogP contribution in [-0.2, 0) is 23.7 Å². The summed E-state index contributed by atoms with van der Waals surface area (Å²) >= 11 is 0. The second-order valence-corrected chi connectivity index (χ2v) is 8.39. The largest absolute Gasteiger partial charge is 0.394 e. The highest BCUT2D eigenvalue weighted by Crippen LogP contribution is 2.35. The molecule has 3 heterocycles. The zero-order valence-corrected chi connectivity index (χ0v) is 17.8. The summed E-state index contributed by atoms with van der Waals surface area (Å²) in [5.41, 5.74) is 0. The van der Waals surface area contributed by atoms with Gasteiger partial charge in [0.15, 0.2) is 12.6 Å². The summed E-state index contributed by atoms with van der Waals surface area (Å²) in [4.78, 5) is 0. The molecule has 0 unspecified atom stereocenters. The molecule has 200 valence electrons. The van der Waals surface area contributed by atoms with Crippen molar-refractivity contribution in [3.05, 3.63) is 0 Å². The summed E-state index contributed by atoms with van der Waals surface area (Å²) in [7, 11) is 0. The highest BCUT2D eigenvalue weighted by atomic mass is 16.8. The van der Waals surface area contributed by atoms with Gasteiger partial charge in [0.05, 0.1) is 26.4 Å². The predicted octanol–water partition coefficient (Wildman–Crippen LogP) is -7.57. The minimum absolute atomic E-state index is 0.742. The van der Waals surface area contributed by atoms with Gasteiger partial charge in [-0.25, -0.2) is 0 Å². The zero-order chi connectivity index (χ0) is 25.4. The molecule has 0 aromatic heterocycles. The summed E-state index contributed by atoms with van der Waals surface area (Å²) in [6.45, 7) is -3.39. The van der Waals surface area contributed by atoms with Gasteiger partial charge in [-0.3, -0.25) is 0 Å². The van der Waals surface area contributed by atoms with Crippen molar-refractivity contribution in [1.82, 2.24) is 0 Å². The van der Waals surface area contributed by atoms with Gasteiger partial charge in [-0.2, -0.15) is 0 Å². The van der Waals surface area contributed by atoms with Crippen LogP contribution in [0.3, 0.4) is 0 Å². The van der Waals surface area contributed by atoms with E-state index >= 15 is 0 Å². The average Bonchev–Trinajstić information content (AvgIpc) is 3.08. The van der Waals surface area contributed by atoms with E-state index in [-0.39, 0.29) is 0 Å². The molecule has 3 fully saturated rings. The standard InChI is InChI=1S/C18H32O16/c19-1-5-8(23)10(25)12(27)16(30-5)32-14-7(3-21)31-17(13(28)11(14)26)33-15-9(24)6(2-20)34-18(15,29)4-22/h5-17,19-29H,1-4H2/t5-,6-,7-,8-,9-,10+,11-,12-,13-,14-,15+,16-,17+,18-/m1/s1. The Kier molecular flexibility index (Phi) is 9.18. The van der Waals surface area contributed by atoms with Crippen molar-refractivity contribution in [2.24, 2.45) is 0 Å². The first-order valence-electron chi connectivity index (χ1n) is 10.6. The van der Waals surface area contributed by atoms with Gasteiger partial charge in [-0.1, -0.05) is 0 Å². The lowest BCUT2D eigenvalue weighted by molar-refractivity contribution is -0.373. The van der Waals surface area contributed by atoms with Gasteiger partial charge < -0.3 is 79.9 Å². The van der Waals surface area contributed by atoms with Gasteiger partial charge >= 0.3 is 0 Å². The average molecular weight is 504 g/mol. The third-order valence-corrected chi connectivity index (χ3v) is 6.14. The first-order valence-corrected chi connectivity index (χ1v) is 10.6. The minimum atomic E-state index is -2.49. The van der Waals surface area contributed by atoms with Crippen LogP contribution in [-0.4, -0.2) is 168 Å². The predicted molar refractivity (Wildman–Crippen MR) is 101 cm³/mol. The molecule has 16 nitrogen and oxygen atoms in total. The van der Waals surface area contributed by atoms with Crippen molar-refractivity contribution < 1.29 is 79.9 Å². The zero-order valence-electron chi connectivity index (χ0n) is 17.8. The lowest BCUT2D eigenvalue weighted by Crippen LogP contribution is -2.65. The SMILES string of the molecule is OC[C@H]1O[C@](O)(CO)[C@@H](O[C@@H]2O[C@H](CO)[C@@H](O[C@H]3O[C@H](CO)[C@@H](O)[C@H](O)[C@H]3O)[C@H](O)[C@H]2O)[C@@H]1O. The summed E-state index contributed by atoms with van der Waals surface area (Å²) in [6, 6.07) is 0. The van der Waals surface area contributed by atoms with Gasteiger partial charge in [0.1, 0.15) is 67.1 Å². The number of hydrogen-bond acceptors (Lipinski definition) is 16. The van der Waals surface area contributed by atoms with Gasteiger partial charge in [-0.05, 0) is 0 Å². The van der Waals surface area contributed by atoms with Gasteiger partial charge in [-0.15, -0.1) is 0 Å². The van der Waals surface area contributed by atoms with E-state index in [1.54, 1.807) is 0 Å². The van der Waals surface area contributed by atoms with Crippen molar-refractivity contribution in [2.75, 3.05) is 26.4 Å². The van der Waals surface area contributed by atoms with E-state index in [0.717, 1.165) is 0 Å². The number of ether oxygens (including phenoxy) is 5. The van der Waals surface area contributed by atoms with Crippen LogP contribution >= 0.6 is 0 Å². The molecule has 0 aromatic carbocycles. The molecule has 0 spiro atoms. The summed E-state index contributed by atoms with van der Waals surface area (Å²) in [5.74, 6) is -2.49. The molecule has 0 amide bonds. The Morgan fingerprint density at radius 1 is 0.588 bits per heavy atom. The van der Waals surface area contributed by atoms with Crippen LogP contribution in [0.15, 0.2) is 0 Å².